The van der Waals surface area contributed by atoms with Crippen molar-refractivity contribution < 1.29 is 14.6 Å². The number of carbonyl (C=O) groups is 1. The first-order chi connectivity index (χ1) is 12.1. The lowest BCUT2D eigenvalue weighted by atomic mass is 9.48. The Morgan fingerprint density at radius 1 is 1.44 bits per heavy atom. The number of hydrogen-bond acceptors (Lipinski definition) is 4. The van der Waals surface area contributed by atoms with E-state index in [1.54, 1.807) is 6.07 Å². The van der Waals surface area contributed by atoms with Gasteiger partial charge in [0.05, 0.1) is 0 Å². The highest BCUT2D eigenvalue weighted by atomic mass is 16.5. The largest absolute Gasteiger partial charge is 0.504 e. The number of Topliss-reactive ketones (excluding diaryl/α,β-unsaturated/α-hetero) is 1. The maximum atomic E-state index is 13.0. The standard InChI is InChI=1S/C21H25NO3/c1-3-8-22-9-7-21-17-12(4-2)11-16(24)20(21)25-19-15(23)6-5-13(18(19)21)10-14(17)22/h3,5-6,12,14,17,20,23H,1,4,7-11H2,2H3/t12?,14-,17+,20?,21+/m1/s1. The molecule has 1 spiro atoms. The minimum absolute atomic E-state index is 0.189. The molecule has 4 heteroatoms. The van der Waals surface area contributed by atoms with Gasteiger partial charge in [-0.25, -0.2) is 0 Å². The van der Waals surface area contributed by atoms with Gasteiger partial charge in [0.15, 0.2) is 23.4 Å². The normalized spacial score (nSPS) is 38.2. The van der Waals surface area contributed by atoms with Crippen molar-refractivity contribution in [1.82, 2.24) is 4.90 Å². The van der Waals surface area contributed by atoms with E-state index in [2.05, 4.69) is 18.4 Å². The van der Waals surface area contributed by atoms with Crippen molar-refractivity contribution in [3.63, 3.8) is 0 Å². The Bertz CT molecular complexity index is 773. The molecular weight excluding hydrogens is 314 g/mol. The molecule has 1 saturated carbocycles. The molecule has 25 heavy (non-hydrogen) atoms. The number of hydrogen-bond donors (Lipinski definition) is 1. The van der Waals surface area contributed by atoms with Gasteiger partial charge in [-0.2, -0.15) is 0 Å². The summed E-state index contributed by atoms with van der Waals surface area (Å²) in [6.07, 6.45) is 5.12. The summed E-state index contributed by atoms with van der Waals surface area (Å²) in [5.41, 5.74) is 2.18. The van der Waals surface area contributed by atoms with E-state index in [-0.39, 0.29) is 16.9 Å². The molecule has 0 radical (unpaired) electrons. The average Bonchev–Trinajstić information content (AvgIpc) is 2.96. The highest BCUT2D eigenvalue weighted by Gasteiger charge is 2.67. The number of ketones is 1. The van der Waals surface area contributed by atoms with Gasteiger partial charge in [0, 0.05) is 30.0 Å². The van der Waals surface area contributed by atoms with Crippen molar-refractivity contribution in [3.8, 4) is 11.5 Å². The predicted molar refractivity (Wildman–Crippen MR) is 95.0 cm³/mol. The lowest BCUT2D eigenvalue weighted by Crippen LogP contribution is -2.68. The summed E-state index contributed by atoms with van der Waals surface area (Å²) in [6, 6.07) is 4.21. The summed E-state index contributed by atoms with van der Waals surface area (Å²) in [5, 5.41) is 10.4. The van der Waals surface area contributed by atoms with Crippen LogP contribution in [0.1, 0.15) is 37.3 Å². The van der Waals surface area contributed by atoms with Gasteiger partial charge < -0.3 is 9.84 Å². The fourth-order valence-electron chi connectivity index (χ4n) is 6.45. The number of phenols is 1. The third-order valence-corrected chi connectivity index (χ3v) is 7.26. The van der Waals surface area contributed by atoms with Crippen LogP contribution in [0.5, 0.6) is 11.5 Å². The number of ether oxygens (including phenoxy) is 1. The molecule has 2 aliphatic heterocycles. The number of rotatable bonds is 3. The summed E-state index contributed by atoms with van der Waals surface area (Å²) in [4.78, 5) is 15.5. The molecule has 2 unspecified atom stereocenters. The number of phenolic OH excluding ortho intramolecular Hbond substituents is 1. The molecule has 1 N–H and O–H groups in total. The molecule has 2 aliphatic carbocycles. The number of aromatic hydroxyl groups is 1. The molecule has 4 aliphatic rings. The Balaban J connectivity index is 1.76. The predicted octanol–water partition coefficient (Wildman–Crippen LogP) is 2.82. The van der Waals surface area contributed by atoms with Crippen LogP contribution in [0.2, 0.25) is 0 Å². The van der Waals surface area contributed by atoms with Crippen LogP contribution in [0.4, 0.5) is 0 Å². The minimum atomic E-state index is -0.406. The molecule has 0 aromatic heterocycles. The number of likely N-dealkylation sites (tertiary alicyclic amines) is 1. The average molecular weight is 339 g/mol. The maximum Gasteiger partial charge on any atom is 0.174 e. The minimum Gasteiger partial charge on any atom is -0.504 e. The zero-order chi connectivity index (χ0) is 17.3. The van der Waals surface area contributed by atoms with Gasteiger partial charge >= 0.3 is 0 Å². The second-order valence-electron chi connectivity index (χ2n) is 8.16. The van der Waals surface area contributed by atoms with E-state index in [1.165, 1.54) is 5.56 Å². The number of carbonyl (C=O) groups excluding carboxylic acids is 1. The van der Waals surface area contributed by atoms with Gasteiger partial charge in [0.2, 0.25) is 0 Å². The molecule has 5 rings (SSSR count). The first kappa shape index (κ1) is 15.4. The Kier molecular flexibility index (Phi) is 3.15. The molecule has 0 amide bonds. The van der Waals surface area contributed by atoms with Crippen molar-refractivity contribution in [2.24, 2.45) is 11.8 Å². The van der Waals surface area contributed by atoms with Crippen molar-refractivity contribution >= 4 is 5.78 Å². The fraction of sp³-hybridized carbons (Fsp3) is 0.571. The zero-order valence-corrected chi connectivity index (χ0v) is 14.7. The van der Waals surface area contributed by atoms with E-state index in [0.717, 1.165) is 37.9 Å². The molecule has 2 heterocycles. The molecule has 132 valence electrons. The topological polar surface area (TPSA) is 49.8 Å². The SMILES string of the molecule is C=CCN1CC[C@]23c4c5ccc(O)c4OC2C(=O)CC(CC)[C@H]3[C@H]1C5. The van der Waals surface area contributed by atoms with Crippen LogP contribution in [0, 0.1) is 11.8 Å². The fourth-order valence-corrected chi connectivity index (χ4v) is 6.45. The molecule has 2 bridgehead atoms. The number of nitrogens with zero attached hydrogens (tertiary/aromatic N) is 1. The highest BCUT2D eigenvalue weighted by Crippen LogP contribution is 2.64. The maximum absolute atomic E-state index is 13.0. The quantitative estimate of drug-likeness (QED) is 0.861. The number of benzene rings is 1. The summed E-state index contributed by atoms with van der Waals surface area (Å²) in [5.74, 6) is 1.82. The van der Waals surface area contributed by atoms with Gasteiger partial charge in [0.1, 0.15) is 0 Å². The van der Waals surface area contributed by atoms with Gasteiger partial charge in [-0.15, -0.1) is 6.58 Å². The molecule has 2 fully saturated rings. The van der Waals surface area contributed by atoms with Gasteiger partial charge in [-0.1, -0.05) is 25.5 Å². The summed E-state index contributed by atoms with van der Waals surface area (Å²) in [7, 11) is 0. The summed E-state index contributed by atoms with van der Waals surface area (Å²) >= 11 is 0. The Morgan fingerprint density at radius 3 is 3.04 bits per heavy atom. The van der Waals surface area contributed by atoms with E-state index in [9.17, 15) is 9.90 Å². The molecule has 5 atom stereocenters. The van der Waals surface area contributed by atoms with E-state index < -0.39 is 6.10 Å². The smallest absolute Gasteiger partial charge is 0.174 e. The van der Waals surface area contributed by atoms with Crippen LogP contribution in [0.15, 0.2) is 24.8 Å². The van der Waals surface area contributed by atoms with E-state index in [0.29, 0.717) is 30.0 Å². The second kappa shape index (κ2) is 5.10. The van der Waals surface area contributed by atoms with Crippen LogP contribution in [0.3, 0.4) is 0 Å². The highest BCUT2D eigenvalue weighted by molar-refractivity contribution is 5.89. The first-order valence-corrected chi connectivity index (χ1v) is 9.51. The third kappa shape index (κ3) is 1.74. The summed E-state index contributed by atoms with van der Waals surface area (Å²) < 4.78 is 6.17. The first-order valence-electron chi connectivity index (χ1n) is 9.51. The van der Waals surface area contributed by atoms with Gasteiger partial charge in [-0.3, -0.25) is 9.69 Å². The molecule has 1 aromatic rings. The van der Waals surface area contributed by atoms with Crippen molar-refractivity contribution in [3.05, 3.63) is 35.9 Å². The summed E-state index contributed by atoms with van der Waals surface area (Å²) in [6.45, 7) is 8.01. The van der Waals surface area contributed by atoms with Crippen LogP contribution in [-0.2, 0) is 16.6 Å². The lowest BCUT2D eigenvalue weighted by molar-refractivity contribution is -0.144. The zero-order valence-electron chi connectivity index (χ0n) is 14.7. The van der Waals surface area contributed by atoms with Crippen LogP contribution in [0.25, 0.3) is 0 Å². The van der Waals surface area contributed by atoms with Crippen LogP contribution in [-0.4, -0.2) is 41.0 Å². The van der Waals surface area contributed by atoms with Crippen molar-refractivity contribution in [1.29, 1.82) is 0 Å². The van der Waals surface area contributed by atoms with Crippen LogP contribution < -0.4 is 4.74 Å². The van der Waals surface area contributed by atoms with E-state index in [1.807, 2.05) is 12.1 Å². The van der Waals surface area contributed by atoms with E-state index >= 15 is 0 Å². The van der Waals surface area contributed by atoms with Crippen molar-refractivity contribution in [2.45, 2.75) is 50.2 Å². The Hall–Kier alpha value is -1.81. The van der Waals surface area contributed by atoms with Gasteiger partial charge in [0.25, 0.3) is 0 Å². The second-order valence-corrected chi connectivity index (χ2v) is 8.16. The monoisotopic (exact) mass is 339 g/mol. The number of piperidine rings is 1. The molecular formula is C21H25NO3. The van der Waals surface area contributed by atoms with Gasteiger partial charge in [-0.05, 0) is 42.9 Å². The molecule has 1 aromatic carbocycles. The molecule has 1 saturated heterocycles. The van der Waals surface area contributed by atoms with E-state index in [4.69, 9.17) is 4.74 Å². The molecule has 4 nitrogen and oxygen atoms in total. The Morgan fingerprint density at radius 2 is 2.28 bits per heavy atom. The van der Waals surface area contributed by atoms with Crippen LogP contribution >= 0.6 is 0 Å². The third-order valence-electron chi connectivity index (χ3n) is 7.26. The lowest BCUT2D eigenvalue weighted by Gasteiger charge is -2.60. The van der Waals surface area contributed by atoms with Crippen molar-refractivity contribution in [2.75, 3.05) is 13.1 Å². The Labute approximate surface area is 148 Å².